The van der Waals surface area contributed by atoms with Crippen molar-refractivity contribution in [3.05, 3.63) is 94.5 Å². The van der Waals surface area contributed by atoms with Crippen molar-refractivity contribution in [2.24, 2.45) is 0 Å². The molecule has 41 heavy (non-hydrogen) atoms. The summed E-state index contributed by atoms with van der Waals surface area (Å²) in [6.07, 6.45) is -2.91. The van der Waals surface area contributed by atoms with E-state index in [9.17, 15) is 45.3 Å². The zero-order valence-corrected chi connectivity index (χ0v) is 21.0. The van der Waals surface area contributed by atoms with E-state index in [1.54, 1.807) is 0 Å². The van der Waals surface area contributed by atoms with Gasteiger partial charge in [-0.2, -0.15) is 0 Å². The number of fused-ring (bicyclic) bond motifs is 2. The van der Waals surface area contributed by atoms with Gasteiger partial charge in [-0.3, -0.25) is 9.59 Å². The van der Waals surface area contributed by atoms with E-state index in [0.717, 1.165) is 18.2 Å². The van der Waals surface area contributed by atoms with E-state index in [1.165, 1.54) is 48.5 Å². The minimum absolute atomic E-state index is 0.0345. The molecule has 11 nitrogen and oxygen atoms in total. The van der Waals surface area contributed by atoms with Gasteiger partial charge in [0.25, 0.3) is 0 Å². The van der Waals surface area contributed by atoms with Crippen molar-refractivity contribution in [1.82, 2.24) is 0 Å². The Morgan fingerprint density at radius 2 is 1.24 bits per heavy atom. The number of ether oxygens (including phenoxy) is 2. The minimum Gasteiger partial charge on any atom is -0.508 e. The van der Waals surface area contributed by atoms with Crippen LogP contribution in [0.2, 0.25) is 0 Å². The molecule has 7 N–H and O–H groups in total. The number of ketones is 2. The lowest BCUT2D eigenvalue weighted by atomic mass is 9.74. The Hall–Kier alpha value is -5.42. The first-order valence-corrected chi connectivity index (χ1v) is 12.4. The summed E-state index contributed by atoms with van der Waals surface area (Å²) >= 11 is 0. The van der Waals surface area contributed by atoms with Crippen molar-refractivity contribution in [2.75, 3.05) is 0 Å². The highest BCUT2D eigenvalue weighted by atomic mass is 16.5. The van der Waals surface area contributed by atoms with Gasteiger partial charge >= 0.3 is 0 Å². The Morgan fingerprint density at radius 1 is 0.659 bits per heavy atom. The molecule has 0 aromatic heterocycles. The Balaban J connectivity index is 1.62. The molecule has 6 rings (SSSR count). The summed E-state index contributed by atoms with van der Waals surface area (Å²) in [5, 5.41) is 74.2. The number of Topliss-reactive ketones (excluding diaryl/α,β-unsaturated/α-hetero) is 2. The lowest BCUT2D eigenvalue weighted by molar-refractivity contribution is -0.0569. The normalized spacial score (nSPS) is 21.4. The summed E-state index contributed by atoms with van der Waals surface area (Å²) in [4.78, 5) is 27.5. The summed E-state index contributed by atoms with van der Waals surface area (Å²) in [6, 6.07) is 13.7. The summed E-state index contributed by atoms with van der Waals surface area (Å²) < 4.78 is 12.1. The highest BCUT2D eigenvalue weighted by Gasteiger charge is 2.57. The van der Waals surface area contributed by atoms with Crippen molar-refractivity contribution in [1.29, 1.82) is 0 Å². The quantitative estimate of drug-likeness (QED) is 0.193. The maximum Gasteiger partial charge on any atom is 0.210 e. The molecule has 4 aromatic rings. The summed E-state index contributed by atoms with van der Waals surface area (Å²) in [6.45, 7) is 0. The number of aromatic hydroxyl groups is 6. The fraction of sp³-hybridized carbons (Fsp3) is 0.133. The molecule has 0 spiro atoms. The van der Waals surface area contributed by atoms with Crippen molar-refractivity contribution < 1.29 is 54.8 Å². The highest BCUT2D eigenvalue weighted by Crippen LogP contribution is 2.57. The molecule has 0 fully saturated rings. The average molecular weight is 558 g/mol. The van der Waals surface area contributed by atoms with Crippen LogP contribution >= 0.6 is 0 Å². The molecule has 2 aliphatic heterocycles. The summed E-state index contributed by atoms with van der Waals surface area (Å²) in [5.41, 5.74) is -3.81. The van der Waals surface area contributed by atoms with Gasteiger partial charge < -0.3 is 45.2 Å². The molecule has 2 aliphatic rings. The number of hydrogen-bond acceptors (Lipinski definition) is 11. The summed E-state index contributed by atoms with van der Waals surface area (Å²) in [7, 11) is 0. The van der Waals surface area contributed by atoms with Gasteiger partial charge in [0.05, 0.1) is 12.0 Å². The van der Waals surface area contributed by atoms with E-state index in [-0.39, 0.29) is 34.8 Å². The van der Waals surface area contributed by atoms with Gasteiger partial charge in [-0.1, -0.05) is 24.3 Å². The Kier molecular flexibility index (Phi) is 5.71. The van der Waals surface area contributed by atoms with Gasteiger partial charge in [0.2, 0.25) is 11.4 Å². The van der Waals surface area contributed by atoms with Gasteiger partial charge in [-0.25, -0.2) is 0 Å². The van der Waals surface area contributed by atoms with Gasteiger partial charge in [-0.05, 0) is 35.4 Å². The lowest BCUT2D eigenvalue weighted by Gasteiger charge is -2.41. The molecule has 0 aliphatic carbocycles. The van der Waals surface area contributed by atoms with Crippen LogP contribution in [0.4, 0.5) is 0 Å². The molecule has 0 saturated heterocycles. The van der Waals surface area contributed by atoms with Crippen LogP contribution in [0.25, 0.3) is 0 Å². The second-order valence-corrected chi connectivity index (χ2v) is 9.84. The first-order chi connectivity index (χ1) is 19.5. The van der Waals surface area contributed by atoms with Crippen molar-refractivity contribution in [3.8, 4) is 46.0 Å². The zero-order valence-electron chi connectivity index (χ0n) is 21.0. The molecular weight excluding hydrogens is 536 g/mol. The molecular formula is C30H22O11. The van der Waals surface area contributed by atoms with Crippen molar-refractivity contribution in [2.45, 2.75) is 24.2 Å². The van der Waals surface area contributed by atoms with Gasteiger partial charge in [0.1, 0.15) is 63.2 Å². The third-order valence-electron chi connectivity index (χ3n) is 7.26. The molecule has 0 unspecified atom stereocenters. The first-order valence-electron chi connectivity index (χ1n) is 12.4. The van der Waals surface area contributed by atoms with Crippen LogP contribution in [-0.4, -0.2) is 47.3 Å². The number of rotatable bonds is 3. The Labute approximate surface area is 231 Å². The fourth-order valence-corrected chi connectivity index (χ4v) is 5.35. The van der Waals surface area contributed by atoms with E-state index in [0.29, 0.717) is 5.56 Å². The molecule has 0 bridgehead atoms. The largest absolute Gasteiger partial charge is 0.508 e. The topological polar surface area (TPSA) is 194 Å². The number of aliphatic hydroxyl groups is 1. The second kappa shape index (κ2) is 9.07. The molecule has 4 aromatic carbocycles. The third-order valence-corrected chi connectivity index (χ3v) is 7.26. The number of carbonyl (C=O) groups is 2. The number of benzene rings is 4. The maximum atomic E-state index is 14.2. The third kappa shape index (κ3) is 3.94. The highest BCUT2D eigenvalue weighted by molar-refractivity contribution is 6.11. The maximum absolute atomic E-state index is 14.2. The van der Waals surface area contributed by atoms with Crippen LogP contribution in [-0.2, 0) is 5.60 Å². The smallest absolute Gasteiger partial charge is 0.210 e. The zero-order chi connectivity index (χ0) is 29.2. The Morgan fingerprint density at radius 3 is 1.88 bits per heavy atom. The average Bonchev–Trinajstić information content (AvgIpc) is 2.91. The van der Waals surface area contributed by atoms with Gasteiger partial charge in [0, 0.05) is 18.2 Å². The number of hydrogen-bond donors (Lipinski definition) is 7. The standard InChI is InChI=1S/C30H22O11/c31-15-5-1-13(2-6-15)22-12-20(36)24-19(35)11-21(37)26(27(24)40-22)30(39)28(38)25-18(34)9-17(33)10-23(25)41-29(30)14-3-7-16(32)8-4-14/h1-11,22,29,31-35,37,39H,12H2/t22-,29+,30+/m1/s1. The predicted molar refractivity (Wildman–Crippen MR) is 140 cm³/mol. The van der Waals surface area contributed by atoms with Gasteiger partial charge in [-0.15, -0.1) is 0 Å². The van der Waals surface area contributed by atoms with Crippen LogP contribution in [0, 0.1) is 0 Å². The van der Waals surface area contributed by atoms with Crippen molar-refractivity contribution in [3.63, 3.8) is 0 Å². The summed E-state index contributed by atoms with van der Waals surface area (Å²) in [5.74, 6) is -5.34. The molecule has 0 radical (unpaired) electrons. The molecule has 0 amide bonds. The molecule has 3 atom stereocenters. The van der Waals surface area contributed by atoms with E-state index < -0.39 is 69.2 Å². The monoisotopic (exact) mass is 558 g/mol. The second-order valence-electron chi connectivity index (χ2n) is 9.84. The fourth-order valence-electron chi connectivity index (χ4n) is 5.35. The van der Waals surface area contributed by atoms with Crippen LogP contribution in [0.5, 0.6) is 46.0 Å². The van der Waals surface area contributed by atoms with Crippen LogP contribution in [0.15, 0.2) is 66.7 Å². The molecule has 208 valence electrons. The van der Waals surface area contributed by atoms with Crippen molar-refractivity contribution >= 4 is 11.6 Å². The van der Waals surface area contributed by atoms with E-state index in [1.807, 2.05) is 0 Å². The number of phenolic OH excluding ortho intramolecular Hbond substituents is 6. The van der Waals surface area contributed by atoms with Gasteiger partial charge in [0.15, 0.2) is 11.9 Å². The predicted octanol–water partition coefficient (Wildman–Crippen LogP) is 3.83. The van der Waals surface area contributed by atoms with E-state index in [2.05, 4.69) is 0 Å². The minimum atomic E-state index is -2.88. The van der Waals surface area contributed by atoms with Crippen LogP contribution in [0.3, 0.4) is 0 Å². The number of phenols is 6. The molecule has 0 saturated carbocycles. The lowest BCUT2D eigenvalue weighted by Crippen LogP contribution is -2.48. The van der Waals surface area contributed by atoms with E-state index >= 15 is 0 Å². The van der Waals surface area contributed by atoms with Crippen LogP contribution < -0.4 is 9.47 Å². The van der Waals surface area contributed by atoms with Crippen LogP contribution in [0.1, 0.15) is 56.0 Å². The first kappa shape index (κ1) is 25.8. The number of carbonyl (C=O) groups excluding carboxylic acids is 2. The molecule has 11 heteroatoms. The Bertz CT molecular complexity index is 1730. The SMILES string of the molecule is O=C1C[C@H](c2ccc(O)cc2)Oc2c1c(O)cc(O)c2[C@]1(O)C(=O)c2c(O)cc(O)cc2O[C@H]1c1ccc(O)cc1. The van der Waals surface area contributed by atoms with E-state index in [4.69, 9.17) is 9.47 Å². The molecule has 2 heterocycles.